The van der Waals surface area contributed by atoms with E-state index >= 15 is 0 Å². The van der Waals surface area contributed by atoms with Crippen molar-refractivity contribution >= 4 is 11.6 Å². The summed E-state index contributed by atoms with van der Waals surface area (Å²) in [7, 11) is 2.09. The van der Waals surface area contributed by atoms with Gasteiger partial charge in [0.1, 0.15) is 17.2 Å². The summed E-state index contributed by atoms with van der Waals surface area (Å²) in [5.41, 5.74) is 6.40. The maximum Gasteiger partial charge on any atom is 0.271 e. The van der Waals surface area contributed by atoms with E-state index < -0.39 is 23.1 Å². The number of oxazole rings is 1. The van der Waals surface area contributed by atoms with Crippen LogP contribution in [0, 0.1) is 11.6 Å². The lowest BCUT2D eigenvalue weighted by Crippen LogP contribution is -2.44. The molecule has 2 aromatic carbocycles. The van der Waals surface area contributed by atoms with E-state index in [9.17, 15) is 13.6 Å². The van der Waals surface area contributed by atoms with E-state index in [4.69, 9.17) is 10.2 Å². The van der Waals surface area contributed by atoms with Gasteiger partial charge in [-0.25, -0.2) is 13.8 Å². The van der Waals surface area contributed by atoms with Gasteiger partial charge in [0.15, 0.2) is 11.5 Å². The Morgan fingerprint density at radius 3 is 2.24 bits per heavy atom. The van der Waals surface area contributed by atoms with E-state index in [1.165, 1.54) is 6.07 Å². The van der Waals surface area contributed by atoms with Crippen molar-refractivity contribution in [1.29, 1.82) is 0 Å². The number of nitrogens with zero attached hydrogens (tertiary/aromatic N) is 3. The maximum atomic E-state index is 14.1. The molecule has 0 spiro atoms. The van der Waals surface area contributed by atoms with Crippen LogP contribution >= 0.6 is 0 Å². The molecule has 0 bridgehead atoms. The second-order valence-electron chi connectivity index (χ2n) is 6.99. The number of hydrogen-bond acceptors (Lipinski definition) is 5. The first-order valence-electron chi connectivity index (χ1n) is 9.23. The molecule has 0 radical (unpaired) electrons. The Morgan fingerprint density at radius 1 is 1.03 bits per heavy atom. The molecule has 0 saturated carbocycles. The summed E-state index contributed by atoms with van der Waals surface area (Å²) in [6, 6.07) is 10.8. The van der Waals surface area contributed by atoms with Crippen molar-refractivity contribution in [2.24, 2.45) is 5.73 Å². The largest absolute Gasteiger partial charge is 0.435 e. The van der Waals surface area contributed by atoms with Gasteiger partial charge in [0.2, 0.25) is 5.89 Å². The van der Waals surface area contributed by atoms with Crippen molar-refractivity contribution in [2.75, 3.05) is 38.1 Å². The zero-order valence-electron chi connectivity index (χ0n) is 15.9. The molecular weight excluding hydrogens is 378 g/mol. The van der Waals surface area contributed by atoms with Crippen LogP contribution in [-0.4, -0.2) is 49.0 Å². The first-order chi connectivity index (χ1) is 13.9. The number of rotatable bonds is 4. The molecule has 29 heavy (non-hydrogen) atoms. The Balaban J connectivity index is 1.69. The molecular formula is C21H20F2N4O2. The van der Waals surface area contributed by atoms with Crippen molar-refractivity contribution in [3.05, 3.63) is 59.8 Å². The van der Waals surface area contributed by atoms with Crippen molar-refractivity contribution in [2.45, 2.75) is 0 Å². The number of benzene rings is 2. The van der Waals surface area contributed by atoms with Gasteiger partial charge in [-0.2, -0.15) is 0 Å². The number of carbonyl (C=O) groups excluding carboxylic acids is 1. The highest BCUT2D eigenvalue weighted by molar-refractivity contribution is 5.97. The van der Waals surface area contributed by atoms with E-state index in [2.05, 4.69) is 21.8 Å². The predicted octanol–water partition coefficient (Wildman–Crippen LogP) is 3.14. The summed E-state index contributed by atoms with van der Waals surface area (Å²) in [4.78, 5) is 20.3. The normalized spacial score (nSPS) is 14.9. The van der Waals surface area contributed by atoms with Gasteiger partial charge >= 0.3 is 0 Å². The van der Waals surface area contributed by atoms with Crippen LogP contribution in [0.25, 0.3) is 22.8 Å². The van der Waals surface area contributed by atoms with Gasteiger partial charge in [-0.1, -0.05) is 6.07 Å². The monoisotopic (exact) mass is 398 g/mol. The van der Waals surface area contributed by atoms with Gasteiger partial charge in [0.25, 0.3) is 5.91 Å². The van der Waals surface area contributed by atoms with E-state index in [1.807, 2.05) is 12.1 Å². The Kier molecular flexibility index (Phi) is 5.02. The van der Waals surface area contributed by atoms with Crippen LogP contribution in [0.2, 0.25) is 0 Å². The molecule has 2 heterocycles. The van der Waals surface area contributed by atoms with Gasteiger partial charge in [0.05, 0.1) is 0 Å². The maximum absolute atomic E-state index is 14.1. The first kappa shape index (κ1) is 19.1. The highest BCUT2D eigenvalue weighted by Crippen LogP contribution is 2.33. The zero-order valence-corrected chi connectivity index (χ0v) is 15.9. The van der Waals surface area contributed by atoms with Crippen LogP contribution in [0.15, 0.2) is 46.9 Å². The van der Waals surface area contributed by atoms with E-state index in [0.29, 0.717) is 5.56 Å². The SMILES string of the molecule is CN1CCN(c2ccc(-c3oc(-c4c(F)cccc4F)nc3C(N)=O)cc2)CC1. The van der Waals surface area contributed by atoms with Crippen molar-refractivity contribution in [3.8, 4) is 22.8 Å². The van der Waals surface area contributed by atoms with Crippen LogP contribution in [-0.2, 0) is 0 Å². The molecule has 8 heteroatoms. The molecule has 1 fully saturated rings. The number of piperazine rings is 1. The minimum absolute atomic E-state index is 0.0834. The Bertz CT molecular complexity index is 1020. The summed E-state index contributed by atoms with van der Waals surface area (Å²) in [6.07, 6.45) is 0. The Labute approximate surface area is 166 Å². The number of nitrogens with two attached hydrogens (primary N) is 1. The third-order valence-electron chi connectivity index (χ3n) is 5.04. The number of likely N-dealkylation sites (N-methyl/N-ethyl adjacent to an activating group) is 1. The predicted molar refractivity (Wildman–Crippen MR) is 106 cm³/mol. The third-order valence-corrected chi connectivity index (χ3v) is 5.04. The number of primary amides is 1. The molecule has 1 amide bonds. The van der Waals surface area contributed by atoms with Gasteiger partial charge < -0.3 is 20.0 Å². The van der Waals surface area contributed by atoms with Crippen LogP contribution in [0.3, 0.4) is 0 Å². The molecule has 1 aliphatic rings. The highest BCUT2D eigenvalue weighted by atomic mass is 19.1. The first-order valence-corrected chi connectivity index (χ1v) is 9.23. The molecule has 1 saturated heterocycles. The summed E-state index contributed by atoms with van der Waals surface area (Å²) >= 11 is 0. The summed E-state index contributed by atoms with van der Waals surface area (Å²) in [5.74, 6) is -2.75. The van der Waals surface area contributed by atoms with Crippen LogP contribution in [0.1, 0.15) is 10.5 Å². The van der Waals surface area contributed by atoms with E-state index in [1.54, 1.807) is 12.1 Å². The molecule has 6 nitrogen and oxygen atoms in total. The molecule has 2 N–H and O–H groups in total. The van der Waals surface area contributed by atoms with Crippen molar-refractivity contribution in [1.82, 2.24) is 9.88 Å². The highest BCUT2D eigenvalue weighted by Gasteiger charge is 2.24. The van der Waals surface area contributed by atoms with Gasteiger partial charge in [-0.3, -0.25) is 4.79 Å². The summed E-state index contributed by atoms with van der Waals surface area (Å²) in [6.45, 7) is 3.79. The molecule has 1 aromatic heterocycles. The number of hydrogen-bond donors (Lipinski definition) is 1. The number of carbonyl (C=O) groups is 1. The number of halogens is 2. The fraction of sp³-hybridized carbons (Fsp3) is 0.238. The molecule has 4 rings (SSSR count). The zero-order chi connectivity index (χ0) is 20.5. The minimum Gasteiger partial charge on any atom is -0.435 e. The van der Waals surface area contributed by atoms with Gasteiger partial charge in [-0.05, 0) is 43.4 Å². The average molecular weight is 398 g/mol. The topological polar surface area (TPSA) is 75.6 Å². The molecule has 0 aliphatic carbocycles. The average Bonchev–Trinajstić information content (AvgIpc) is 3.14. The molecule has 1 aliphatic heterocycles. The summed E-state index contributed by atoms with van der Waals surface area (Å²) in [5, 5.41) is 0. The quantitative estimate of drug-likeness (QED) is 0.731. The Hall–Kier alpha value is -3.26. The van der Waals surface area contributed by atoms with Crippen LogP contribution < -0.4 is 10.6 Å². The Morgan fingerprint density at radius 2 is 1.66 bits per heavy atom. The van der Waals surface area contributed by atoms with Crippen LogP contribution in [0.5, 0.6) is 0 Å². The number of anilines is 1. The number of aromatic nitrogens is 1. The minimum atomic E-state index is -0.838. The van der Waals surface area contributed by atoms with Crippen molar-refractivity contribution < 1.29 is 18.0 Å². The van der Waals surface area contributed by atoms with E-state index in [-0.39, 0.29) is 17.3 Å². The third kappa shape index (κ3) is 3.71. The van der Waals surface area contributed by atoms with Crippen molar-refractivity contribution in [3.63, 3.8) is 0 Å². The fourth-order valence-electron chi connectivity index (χ4n) is 3.38. The molecule has 3 aromatic rings. The molecule has 150 valence electrons. The molecule has 0 atom stereocenters. The van der Waals surface area contributed by atoms with Crippen LogP contribution in [0.4, 0.5) is 14.5 Å². The second kappa shape index (κ2) is 7.63. The second-order valence-corrected chi connectivity index (χ2v) is 6.99. The van der Waals surface area contributed by atoms with E-state index in [0.717, 1.165) is 44.0 Å². The summed E-state index contributed by atoms with van der Waals surface area (Å²) < 4.78 is 33.8. The molecule has 0 unspecified atom stereocenters. The number of amides is 1. The lowest BCUT2D eigenvalue weighted by Gasteiger charge is -2.34. The lowest BCUT2D eigenvalue weighted by atomic mass is 10.1. The fourth-order valence-corrected chi connectivity index (χ4v) is 3.38. The van der Waals surface area contributed by atoms with Gasteiger partial charge in [-0.15, -0.1) is 0 Å². The lowest BCUT2D eigenvalue weighted by molar-refractivity contribution is 0.0996. The van der Waals surface area contributed by atoms with Gasteiger partial charge in [0, 0.05) is 37.4 Å². The standard InChI is InChI=1S/C21H20F2N4O2/c1-26-9-11-27(12-10-26)14-7-5-13(6-8-14)19-18(20(24)28)25-21(29-19)17-15(22)3-2-4-16(17)23/h2-8H,9-12H2,1H3,(H2,24,28). The smallest absolute Gasteiger partial charge is 0.271 e.